The average molecular weight is 1140 g/mol. The molecule has 0 aliphatic carbocycles. The Morgan fingerprint density at radius 2 is 1.62 bits per heavy atom. The van der Waals surface area contributed by atoms with Gasteiger partial charge in [0.05, 0.1) is 61.5 Å². The lowest BCUT2D eigenvalue weighted by molar-refractivity contribution is -0.271. The van der Waals surface area contributed by atoms with E-state index in [0.29, 0.717) is 56.2 Å². The zero-order chi connectivity index (χ0) is 57.2. The maximum absolute atomic E-state index is 14.1. The Labute approximate surface area is 456 Å². The van der Waals surface area contributed by atoms with E-state index in [9.17, 15) is 62.7 Å². The number of benzene rings is 3. The zero-order valence-corrected chi connectivity index (χ0v) is 43.4. The molecule has 11 rings (SSSR count). The summed E-state index contributed by atoms with van der Waals surface area (Å²) >= 11 is 0. The molecule has 28 nitrogen and oxygen atoms in total. The number of pyridine rings is 2. The second kappa shape index (κ2) is 21.0. The number of aliphatic hydroxyl groups excluding tert-OH is 3. The number of aliphatic hydroxyl groups is 4. The largest absolute Gasteiger partial charge is 0.501 e. The Bertz CT molecular complexity index is 3790. The van der Waals surface area contributed by atoms with Crippen LogP contribution in [0, 0.1) is 0 Å². The third-order valence-electron chi connectivity index (χ3n) is 14.2. The smallest absolute Gasteiger partial charge is 0.479 e. The van der Waals surface area contributed by atoms with Crippen molar-refractivity contribution in [3.63, 3.8) is 0 Å². The number of carboxylic acid groups (broad SMARTS) is 1. The summed E-state index contributed by atoms with van der Waals surface area (Å²) in [4.78, 5) is 83.7. The number of imide groups is 1. The molecule has 3 amide bonds. The number of esters is 1. The van der Waals surface area contributed by atoms with Crippen molar-refractivity contribution in [2.24, 2.45) is 0 Å². The number of ether oxygens (including phenoxy) is 6. The van der Waals surface area contributed by atoms with Crippen LogP contribution in [-0.2, 0) is 75.6 Å². The van der Waals surface area contributed by atoms with Crippen LogP contribution < -0.4 is 28.1 Å². The van der Waals surface area contributed by atoms with Gasteiger partial charge in [0.2, 0.25) is 13.1 Å². The van der Waals surface area contributed by atoms with Crippen molar-refractivity contribution in [3.05, 3.63) is 117 Å². The highest BCUT2D eigenvalue weighted by Crippen LogP contribution is 2.47. The number of rotatable bonds is 18. The summed E-state index contributed by atoms with van der Waals surface area (Å²) in [5, 5.41) is 61.1. The molecule has 0 bridgehead atoms. The minimum Gasteiger partial charge on any atom is -0.479 e. The Balaban J connectivity index is 0.833. The lowest BCUT2D eigenvalue weighted by Gasteiger charge is -2.38. The van der Waals surface area contributed by atoms with Crippen molar-refractivity contribution in [2.75, 3.05) is 33.6 Å². The van der Waals surface area contributed by atoms with Gasteiger partial charge in [-0.25, -0.2) is 19.3 Å². The van der Waals surface area contributed by atoms with Crippen LogP contribution in [0.5, 0.6) is 28.7 Å². The van der Waals surface area contributed by atoms with E-state index >= 15 is 0 Å². The summed E-state index contributed by atoms with van der Waals surface area (Å²) in [5.74, 6) is -4.97. The second-order valence-electron chi connectivity index (χ2n) is 19.2. The molecule has 6 atom stereocenters. The molecule has 0 spiro atoms. The highest BCUT2D eigenvalue weighted by Gasteiger charge is 2.49. The lowest BCUT2D eigenvalue weighted by atomic mass is 9.86. The molecule has 29 heteroatoms. The van der Waals surface area contributed by atoms with Gasteiger partial charge in [-0.15, -0.1) is 13.5 Å². The van der Waals surface area contributed by atoms with E-state index in [1.807, 2.05) is 0 Å². The van der Waals surface area contributed by atoms with E-state index in [1.165, 1.54) is 51.5 Å². The average Bonchev–Trinajstić information content (AvgIpc) is 4.37. The number of hydrogen-bond donors (Lipinski definition) is 5. The van der Waals surface area contributed by atoms with Crippen LogP contribution >= 0.6 is 0 Å². The number of aliphatic carboxylic acids is 1. The molecule has 5 aliphatic rings. The molecule has 81 heavy (non-hydrogen) atoms. The number of nitrogens with zero attached hydrogens (tertiary/aromatic N) is 7. The van der Waals surface area contributed by atoms with Crippen LogP contribution in [0.1, 0.15) is 46.1 Å². The van der Waals surface area contributed by atoms with Crippen LogP contribution in [0.15, 0.2) is 83.8 Å². The molecule has 5 aliphatic heterocycles. The van der Waals surface area contributed by atoms with Crippen molar-refractivity contribution in [3.8, 4) is 51.3 Å². The maximum atomic E-state index is 14.1. The van der Waals surface area contributed by atoms with E-state index in [0.717, 1.165) is 29.2 Å². The van der Waals surface area contributed by atoms with Gasteiger partial charge >= 0.3 is 22.3 Å². The molecule has 1 fully saturated rings. The highest BCUT2D eigenvalue weighted by atomic mass is 32.3. The van der Waals surface area contributed by atoms with E-state index in [2.05, 4.69) is 10.3 Å². The van der Waals surface area contributed by atoms with Gasteiger partial charge in [-0.3, -0.25) is 24.1 Å². The van der Waals surface area contributed by atoms with Crippen molar-refractivity contribution in [1.29, 1.82) is 0 Å². The Hall–Kier alpha value is -8.84. The molecule has 1 saturated heterocycles. The van der Waals surface area contributed by atoms with Crippen molar-refractivity contribution in [2.45, 2.75) is 75.9 Å². The zero-order valence-electron chi connectivity index (χ0n) is 42.6. The van der Waals surface area contributed by atoms with Gasteiger partial charge < -0.3 is 71.8 Å². The summed E-state index contributed by atoms with van der Waals surface area (Å²) in [6, 6.07) is 13.9. The Morgan fingerprint density at radius 1 is 0.877 bits per heavy atom. The molecule has 0 saturated carbocycles. The number of fused-ring (bicyclic) bond motifs is 6. The molecule has 6 aromatic rings. The van der Waals surface area contributed by atoms with Gasteiger partial charge in [0.25, 0.3) is 23.3 Å². The number of cyclic esters (lactones) is 1. The lowest BCUT2D eigenvalue weighted by Crippen LogP contribution is -2.61. The summed E-state index contributed by atoms with van der Waals surface area (Å²) in [7, 11) is -3.78. The first-order chi connectivity index (χ1) is 38.7. The Kier molecular flexibility index (Phi) is 14.0. The third-order valence-corrected chi connectivity index (χ3v) is 14.9. The number of aromatic nitrogens is 5. The van der Waals surface area contributed by atoms with Gasteiger partial charge in [0.15, 0.2) is 34.7 Å². The predicted octanol–water partition coefficient (Wildman–Crippen LogP) is 0.254. The summed E-state index contributed by atoms with van der Waals surface area (Å²) < 4.78 is 74.7. The number of carbonyl (C=O) groups is 5. The molecule has 8 heterocycles. The topological polar surface area (TPSA) is 367 Å². The summed E-state index contributed by atoms with van der Waals surface area (Å²) in [5.41, 5.74) is 0.571. The van der Waals surface area contributed by atoms with E-state index in [-0.39, 0.29) is 81.7 Å². The van der Waals surface area contributed by atoms with Gasteiger partial charge in [0, 0.05) is 53.9 Å². The summed E-state index contributed by atoms with van der Waals surface area (Å²) in [6.07, 6.45) is -6.62. The minimum atomic E-state index is -5.21. The molecule has 3 aromatic carbocycles. The number of likely N-dealkylation sites (N-methyl/N-ethyl adjacent to an activating group) is 1. The van der Waals surface area contributed by atoms with E-state index in [4.69, 9.17) is 41.8 Å². The summed E-state index contributed by atoms with van der Waals surface area (Å²) in [6.45, 7) is 1.49. The Morgan fingerprint density at radius 3 is 2.35 bits per heavy atom. The highest BCUT2D eigenvalue weighted by molar-refractivity contribution is 7.82. The molecular formula is C52H47N7O21S. The van der Waals surface area contributed by atoms with Crippen molar-refractivity contribution >= 4 is 51.0 Å². The quantitative estimate of drug-likeness (QED) is 0.0437. The predicted molar refractivity (Wildman–Crippen MR) is 270 cm³/mol. The molecule has 422 valence electrons. The minimum absolute atomic E-state index is 0.000936. The molecule has 3 aromatic heterocycles. The first-order valence-electron chi connectivity index (χ1n) is 24.9. The van der Waals surface area contributed by atoms with Crippen LogP contribution in [0.3, 0.4) is 0 Å². The molecule has 1 unspecified atom stereocenters. The van der Waals surface area contributed by atoms with Crippen LogP contribution in [0.4, 0.5) is 0 Å². The second-order valence-corrected chi connectivity index (χ2v) is 20.3. The van der Waals surface area contributed by atoms with Crippen LogP contribution in [-0.4, -0.2) is 162 Å². The first kappa shape index (κ1) is 54.1. The molecule has 5 N–H and O–H groups in total. The SMILES string of the molecule is CC[C@@]1(O)C(=O)OCc2c1cc1n(c2=O)Cc2c-1nc1cc3c(cc1c2-c1ccc(OS(=O)(=O)Oc2cc(C(=O)N(C)CCOCCn4cc(CN5C(=O)C=CC5=O)nn4)ccc2OC2O[C@H](C(=O)O)[C@@H](O)[C@H](O)[C@H]2O)cc1)OCO3. The van der Waals surface area contributed by atoms with E-state index < -0.39 is 93.4 Å². The number of hydrogen-bond acceptors (Lipinski definition) is 23. The fraction of sp³-hybridized carbons (Fsp3) is 0.327. The van der Waals surface area contributed by atoms with Crippen molar-refractivity contribution in [1.82, 2.24) is 34.3 Å². The fourth-order valence-corrected chi connectivity index (χ4v) is 10.6. The van der Waals surface area contributed by atoms with Gasteiger partial charge in [-0.2, -0.15) is 0 Å². The first-order valence-corrected chi connectivity index (χ1v) is 26.2. The standard InChI is InChI=1S/C52H47N7O21S/c1-3-52(70)32-18-34-42-30(22-58(34)48(66)31(32)23-74-51(52)69)41(29-17-36-37(76-24-75-36)19-33(29)53-42)25-4-7-28(8-5-25)79-81(71,72)80-38-16-26(6-9-35(38)77-50-45(64)43(62)44(63)46(78-50)49(67)68)47(65)56(2)12-14-73-15-13-57-20-27(54-55-57)21-59-39(60)10-11-40(59)61/h4-11,16-20,43-46,50,62-64,70H,3,12-15,21-24H2,1-2H3,(H,67,68)/t43-,44-,45+,46-,50?,52-/m0/s1. The van der Waals surface area contributed by atoms with E-state index in [1.54, 1.807) is 31.3 Å². The third kappa shape index (κ3) is 10.0. The molecular weight excluding hydrogens is 1090 g/mol. The van der Waals surface area contributed by atoms with Crippen molar-refractivity contribution < 1.29 is 94.7 Å². The fourth-order valence-electron chi connectivity index (χ4n) is 9.85. The monoisotopic (exact) mass is 1140 g/mol. The van der Waals surface area contributed by atoms with Gasteiger partial charge in [-0.1, -0.05) is 24.3 Å². The maximum Gasteiger partial charge on any atom is 0.501 e. The van der Waals surface area contributed by atoms with Crippen LogP contribution in [0.2, 0.25) is 0 Å². The number of amides is 3. The van der Waals surface area contributed by atoms with Crippen LogP contribution in [0.25, 0.3) is 33.4 Å². The normalized spacial score (nSPS) is 21.6. The van der Waals surface area contributed by atoms with Gasteiger partial charge in [0.1, 0.15) is 36.4 Å². The number of carbonyl (C=O) groups excluding carboxylic acids is 4. The molecule has 0 radical (unpaired) electrons. The van der Waals surface area contributed by atoms with Gasteiger partial charge in [-0.05, 0) is 60.0 Å². The number of carboxylic acids is 1.